The van der Waals surface area contributed by atoms with E-state index < -0.39 is 0 Å². The van der Waals surface area contributed by atoms with Crippen LogP contribution in [0.2, 0.25) is 0 Å². The first-order chi connectivity index (χ1) is 6.22. The third-order valence-electron chi connectivity index (χ3n) is 3.10. The average molecular weight is 197 g/mol. The van der Waals surface area contributed by atoms with Crippen molar-refractivity contribution in [2.24, 2.45) is 11.3 Å². The van der Waals surface area contributed by atoms with Gasteiger partial charge in [0.05, 0.1) is 11.5 Å². The molecule has 0 aromatic heterocycles. The van der Waals surface area contributed by atoms with Gasteiger partial charge in [0.15, 0.2) is 0 Å². The molecule has 0 saturated heterocycles. The van der Waals surface area contributed by atoms with Crippen molar-refractivity contribution in [3.63, 3.8) is 0 Å². The summed E-state index contributed by atoms with van der Waals surface area (Å²) in [6, 6.07) is 2.56. The Bertz CT molecular complexity index is 197. The van der Waals surface area contributed by atoms with Gasteiger partial charge in [-0.15, -0.1) is 0 Å². The van der Waals surface area contributed by atoms with Gasteiger partial charge in [0.25, 0.3) is 0 Å². The van der Waals surface area contributed by atoms with Gasteiger partial charge < -0.3 is 0 Å². The van der Waals surface area contributed by atoms with E-state index in [0.29, 0.717) is 0 Å². The Kier molecular flexibility index (Phi) is 4.12. The molecule has 1 nitrogen and oxygen atoms in total. The van der Waals surface area contributed by atoms with Crippen molar-refractivity contribution >= 4 is 11.8 Å². The standard InChI is InChI=1S/C11H19NS/c1-10-4-6-11(8-10,9-12)5-3-7-13-2/h10H,3-8H2,1-2H3. The van der Waals surface area contributed by atoms with Crippen LogP contribution in [0.4, 0.5) is 0 Å². The molecular weight excluding hydrogens is 178 g/mol. The summed E-state index contributed by atoms with van der Waals surface area (Å²) in [7, 11) is 0. The lowest BCUT2D eigenvalue weighted by atomic mass is 9.83. The molecule has 0 amide bonds. The summed E-state index contributed by atoms with van der Waals surface area (Å²) >= 11 is 1.89. The SMILES string of the molecule is CSCCCC1(C#N)CCC(C)C1. The molecule has 1 saturated carbocycles. The molecule has 0 bridgehead atoms. The van der Waals surface area contributed by atoms with Crippen LogP contribution in [0.3, 0.4) is 0 Å². The maximum absolute atomic E-state index is 9.18. The Hall–Kier alpha value is -0.160. The van der Waals surface area contributed by atoms with E-state index in [0.717, 1.165) is 25.2 Å². The molecule has 0 radical (unpaired) electrons. The summed E-state index contributed by atoms with van der Waals surface area (Å²) in [4.78, 5) is 0. The molecule has 2 unspecified atom stereocenters. The molecule has 74 valence electrons. The van der Waals surface area contributed by atoms with E-state index in [1.54, 1.807) is 0 Å². The lowest BCUT2D eigenvalue weighted by molar-refractivity contribution is 0.360. The van der Waals surface area contributed by atoms with Crippen LogP contribution < -0.4 is 0 Å². The maximum Gasteiger partial charge on any atom is 0.0689 e. The molecule has 1 aliphatic carbocycles. The summed E-state index contributed by atoms with van der Waals surface area (Å²) in [5.41, 5.74) is 0.0507. The second-order valence-electron chi connectivity index (χ2n) is 4.34. The van der Waals surface area contributed by atoms with E-state index in [2.05, 4.69) is 19.2 Å². The minimum Gasteiger partial charge on any atom is -0.198 e. The van der Waals surface area contributed by atoms with Crippen molar-refractivity contribution in [2.75, 3.05) is 12.0 Å². The lowest BCUT2D eigenvalue weighted by Crippen LogP contribution is -2.14. The molecule has 1 rings (SSSR count). The highest BCUT2D eigenvalue weighted by Crippen LogP contribution is 2.44. The topological polar surface area (TPSA) is 23.8 Å². The summed E-state index contributed by atoms with van der Waals surface area (Å²) in [6.07, 6.45) is 8.00. The van der Waals surface area contributed by atoms with Crippen molar-refractivity contribution in [1.29, 1.82) is 5.26 Å². The van der Waals surface area contributed by atoms with Crippen LogP contribution in [0.15, 0.2) is 0 Å². The van der Waals surface area contributed by atoms with Gasteiger partial charge in [-0.05, 0) is 50.0 Å². The van der Waals surface area contributed by atoms with E-state index in [-0.39, 0.29) is 5.41 Å². The highest BCUT2D eigenvalue weighted by molar-refractivity contribution is 7.98. The number of nitrogens with zero attached hydrogens (tertiary/aromatic N) is 1. The molecule has 0 N–H and O–H groups in total. The van der Waals surface area contributed by atoms with Crippen LogP contribution in [0.25, 0.3) is 0 Å². The summed E-state index contributed by atoms with van der Waals surface area (Å²) in [5, 5.41) is 9.18. The molecule has 0 aliphatic heterocycles. The molecule has 13 heavy (non-hydrogen) atoms. The first-order valence-corrected chi connectivity index (χ1v) is 6.52. The predicted octanol–water partition coefficient (Wildman–Crippen LogP) is 3.46. The Balaban J connectivity index is 2.38. The zero-order chi connectivity index (χ0) is 9.73. The van der Waals surface area contributed by atoms with E-state index in [9.17, 15) is 5.26 Å². The van der Waals surface area contributed by atoms with Gasteiger partial charge in [-0.2, -0.15) is 17.0 Å². The molecular formula is C11H19NS. The van der Waals surface area contributed by atoms with Gasteiger partial charge >= 0.3 is 0 Å². The second-order valence-corrected chi connectivity index (χ2v) is 5.32. The van der Waals surface area contributed by atoms with Crippen molar-refractivity contribution < 1.29 is 0 Å². The first-order valence-electron chi connectivity index (χ1n) is 5.13. The predicted molar refractivity (Wildman–Crippen MR) is 58.7 cm³/mol. The van der Waals surface area contributed by atoms with Crippen LogP contribution >= 0.6 is 11.8 Å². The van der Waals surface area contributed by atoms with Gasteiger partial charge in [-0.25, -0.2) is 0 Å². The lowest BCUT2D eigenvalue weighted by Gasteiger charge is -2.19. The fourth-order valence-electron chi connectivity index (χ4n) is 2.33. The summed E-state index contributed by atoms with van der Waals surface area (Å²) < 4.78 is 0. The number of nitriles is 1. The zero-order valence-electron chi connectivity index (χ0n) is 8.68. The largest absolute Gasteiger partial charge is 0.198 e. The number of hydrogen-bond donors (Lipinski definition) is 0. The third kappa shape index (κ3) is 2.91. The molecule has 0 spiro atoms. The normalized spacial score (nSPS) is 33.2. The number of rotatable bonds is 4. The molecule has 1 aliphatic rings. The van der Waals surface area contributed by atoms with Crippen LogP contribution in [-0.4, -0.2) is 12.0 Å². The van der Waals surface area contributed by atoms with Crippen molar-refractivity contribution in [3.05, 3.63) is 0 Å². The molecule has 2 atom stereocenters. The maximum atomic E-state index is 9.18. The van der Waals surface area contributed by atoms with Crippen LogP contribution in [-0.2, 0) is 0 Å². The molecule has 0 heterocycles. The van der Waals surface area contributed by atoms with E-state index in [4.69, 9.17) is 0 Å². The number of thioether (sulfide) groups is 1. The zero-order valence-corrected chi connectivity index (χ0v) is 9.49. The van der Waals surface area contributed by atoms with Gasteiger partial charge in [0, 0.05) is 0 Å². The summed E-state index contributed by atoms with van der Waals surface area (Å²) in [5.74, 6) is 1.98. The van der Waals surface area contributed by atoms with Crippen molar-refractivity contribution in [2.45, 2.75) is 39.0 Å². The van der Waals surface area contributed by atoms with Gasteiger partial charge in [-0.1, -0.05) is 6.92 Å². The molecule has 0 aromatic rings. The Morgan fingerprint density at radius 2 is 2.38 bits per heavy atom. The number of hydrogen-bond acceptors (Lipinski definition) is 2. The third-order valence-corrected chi connectivity index (χ3v) is 3.79. The molecule has 2 heteroatoms. The first kappa shape index (κ1) is 10.9. The van der Waals surface area contributed by atoms with Gasteiger partial charge in [0.2, 0.25) is 0 Å². The van der Waals surface area contributed by atoms with Crippen LogP contribution in [0, 0.1) is 22.7 Å². The second kappa shape index (κ2) is 4.91. The fraction of sp³-hybridized carbons (Fsp3) is 0.909. The van der Waals surface area contributed by atoms with Crippen molar-refractivity contribution in [3.8, 4) is 6.07 Å². The molecule has 0 aromatic carbocycles. The minimum atomic E-state index is 0.0507. The minimum absolute atomic E-state index is 0.0507. The highest BCUT2D eigenvalue weighted by atomic mass is 32.2. The monoisotopic (exact) mass is 197 g/mol. The van der Waals surface area contributed by atoms with E-state index in [1.807, 2.05) is 11.8 Å². The Morgan fingerprint density at radius 1 is 1.62 bits per heavy atom. The van der Waals surface area contributed by atoms with Crippen LogP contribution in [0.1, 0.15) is 39.0 Å². The highest BCUT2D eigenvalue weighted by Gasteiger charge is 2.36. The van der Waals surface area contributed by atoms with E-state index >= 15 is 0 Å². The van der Waals surface area contributed by atoms with E-state index in [1.165, 1.54) is 18.6 Å². The Labute approximate surface area is 85.9 Å². The fourth-order valence-corrected chi connectivity index (χ4v) is 2.77. The quantitative estimate of drug-likeness (QED) is 0.644. The van der Waals surface area contributed by atoms with Gasteiger partial charge in [0.1, 0.15) is 0 Å². The van der Waals surface area contributed by atoms with Crippen molar-refractivity contribution in [1.82, 2.24) is 0 Å². The smallest absolute Gasteiger partial charge is 0.0689 e. The molecule has 1 fully saturated rings. The van der Waals surface area contributed by atoms with Gasteiger partial charge in [-0.3, -0.25) is 0 Å². The summed E-state index contributed by atoms with van der Waals surface area (Å²) in [6.45, 7) is 2.27. The van der Waals surface area contributed by atoms with Crippen LogP contribution in [0.5, 0.6) is 0 Å². The average Bonchev–Trinajstić information content (AvgIpc) is 2.49. The Morgan fingerprint density at radius 3 is 2.85 bits per heavy atom.